The van der Waals surface area contributed by atoms with E-state index in [2.05, 4.69) is 23.3 Å². The maximum atomic E-state index is 9.19. The highest BCUT2D eigenvalue weighted by Gasteiger charge is 2.25. The summed E-state index contributed by atoms with van der Waals surface area (Å²) in [6, 6.07) is 13.2. The molecule has 0 spiro atoms. The molecule has 0 aromatic heterocycles. The zero-order valence-corrected chi connectivity index (χ0v) is 11.0. The fourth-order valence-electron chi connectivity index (χ4n) is 2.12. The maximum absolute atomic E-state index is 9.19. The first-order valence-electron chi connectivity index (χ1n) is 6.67. The van der Waals surface area contributed by atoms with Crippen LogP contribution in [0.5, 0.6) is 0 Å². The molecule has 1 aliphatic carbocycles. The van der Waals surface area contributed by atoms with Crippen molar-refractivity contribution in [2.24, 2.45) is 0 Å². The molecule has 18 heavy (non-hydrogen) atoms. The molecule has 0 aliphatic heterocycles. The second-order valence-electron chi connectivity index (χ2n) is 5.01. The summed E-state index contributed by atoms with van der Waals surface area (Å²) in [6.07, 6.45) is 2.70. The molecule has 0 amide bonds. The molecular formula is C15H21N3. The number of likely N-dealkylation sites (N-methyl/N-ethyl adjacent to an activating group) is 1. The first-order valence-corrected chi connectivity index (χ1v) is 6.67. The molecule has 0 heterocycles. The van der Waals surface area contributed by atoms with E-state index in [1.54, 1.807) is 0 Å². The number of rotatable bonds is 7. The Morgan fingerprint density at radius 1 is 1.39 bits per heavy atom. The summed E-state index contributed by atoms with van der Waals surface area (Å²) in [5, 5.41) is 12.6. The van der Waals surface area contributed by atoms with Gasteiger partial charge in [-0.15, -0.1) is 0 Å². The Hall–Kier alpha value is -1.37. The molecule has 1 aromatic carbocycles. The lowest BCUT2D eigenvalue weighted by atomic mass is 10.0. The molecule has 3 nitrogen and oxygen atoms in total. The lowest BCUT2D eigenvalue weighted by Gasteiger charge is -2.16. The highest BCUT2D eigenvalue weighted by Crippen LogP contribution is 2.24. The van der Waals surface area contributed by atoms with Crippen molar-refractivity contribution in [3.63, 3.8) is 0 Å². The standard InChI is InChI=1S/C15H21N3/c1-18(15-7-8-15)10-9-17-12-14(11-16)13-5-3-2-4-6-13/h2-6,14-15,17H,7-10,12H2,1H3. The van der Waals surface area contributed by atoms with Crippen molar-refractivity contribution in [3.8, 4) is 6.07 Å². The van der Waals surface area contributed by atoms with E-state index < -0.39 is 0 Å². The van der Waals surface area contributed by atoms with Crippen LogP contribution >= 0.6 is 0 Å². The van der Waals surface area contributed by atoms with Gasteiger partial charge < -0.3 is 10.2 Å². The Labute approximate surface area is 109 Å². The van der Waals surface area contributed by atoms with E-state index in [0.717, 1.165) is 31.2 Å². The number of nitrogens with zero attached hydrogens (tertiary/aromatic N) is 2. The predicted molar refractivity (Wildman–Crippen MR) is 73.3 cm³/mol. The minimum absolute atomic E-state index is 0.0440. The highest BCUT2D eigenvalue weighted by molar-refractivity contribution is 5.24. The van der Waals surface area contributed by atoms with Gasteiger partial charge in [0.15, 0.2) is 0 Å². The zero-order chi connectivity index (χ0) is 12.8. The Kier molecular flexibility index (Phi) is 4.74. The molecule has 3 heteroatoms. The Bertz CT molecular complexity index is 392. The van der Waals surface area contributed by atoms with Crippen LogP contribution in [0.15, 0.2) is 30.3 Å². The van der Waals surface area contributed by atoms with Crippen molar-refractivity contribution in [1.29, 1.82) is 5.26 Å². The second kappa shape index (κ2) is 6.53. The number of hydrogen-bond donors (Lipinski definition) is 1. The number of nitriles is 1. The lowest BCUT2D eigenvalue weighted by Crippen LogP contribution is -2.32. The summed E-state index contributed by atoms with van der Waals surface area (Å²) in [7, 11) is 2.18. The van der Waals surface area contributed by atoms with Gasteiger partial charge in [-0.3, -0.25) is 0 Å². The van der Waals surface area contributed by atoms with Gasteiger partial charge in [-0.2, -0.15) is 5.26 Å². The smallest absolute Gasteiger partial charge is 0.0837 e. The highest BCUT2D eigenvalue weighted by atomic mass is 15.2. The SMILES string of the molecule is CN(CCNCC(C#N)c1ccccc1)C1CC1. The van der Waals surface area contributed by atoms with Gasteiger partial charge in [0, 0.05) is 25.7 Å². The molecule has 1 unspecified atom stereocenters. The second-order valence-corrected chi connectivity index (χ2v) is 5.01. The van der Waals surface area contributed by atoms with Crippen molar-refractivity contribution in [3.05, 3.63) is 35.9 Å². The van der Waals surface area contributed by atoms with Gasteiger partial charge in [0.1, 0.15) is 0 Å². The minimum Gasteiger partial charge on any atom is -0.314 e. The summed E-state index contributed by atoms with van der Waals surface area (Å²) in [5.74, 6) is -0.0440. The molecule has 0 saturated heterocycles. The maximum Gasteiger partial charge on any atom is 0.0837 e. The van der Waals surface area contributed by atoms with Gasteiger partial charge in [0.2, 0.25) is 0 Å². The van der Waals surface area contributed by atoms with E-state index >= 15 is 0 Å². The van der Waals surface area contributed by atoms with Crippen molar-refractivity contribution < 1.29 is 0 Å². The van der Waals surface area contributed by atoms with E-state index in [1.807, 2.05) is 30.3 Å². The fraction of sp³-hybridized carbons (Fsp3) is 0.533. The lowest BCUT2D eigenvalue weighted by molar-refractivity contribution is 0.321. The number of benzene rings is 1. The molecule has 1 saturated carbocycles. The third kappa shape index (κ3) is 3.83. The van der Waals surface area contributed by atoms with Crippen molar-refractivity contribution in [2.45, 2.75) is 24.8 Å². The molecule has 0 bridgehead atoms. The van der Waals surface area contributed by atoms with Crippen LogP contribution < -0.4 is 5.32 Å². The number of hydrogen-bond acceptors (Lipinski definition) is 3. The van der Waals surface area contributed by atoms with Gasteiger partial charge in [0.25, 0.3) is 0 Å². The van der Waals surface area contributed by atoms with Gasteiger partial charge in [-0.1, -0.05) is 30.3 Å². The van der Waals surface area contributed by atoms with Crippen LogP contribution in [0, 0.1) is 11.3 Å². The van der Waals surface area contributed by atoms with E-state index in [1.165, 1.54) is 12.8 Å². The van der Waals surface area contributed by atoms with Gasteiger partial charge in [0.05, 0.1) is 12.0 Å². The van der Waals surface area contributed by atoms with Crippen LogP contribution in [0.1, 0.15) is 24.3 Å². The third-order valence-corrected chi connectivity index (χ3v) is 3.52. The average molecular weight is 243 g/mol. The van der Waals surface area contributed by atoms with E-state index in [4.69, 9.17) is 0 Å². The Morgan fingerprint density at radius 2 is 2.11 bits per heavy atom. The van der Waals surface area contributed by atoms with E-state index in [-0.39, 0.29) is 5.92 Å². The molecule has 1 aromatic rings. The summed E-state index contributed by atoms with van der Waals surface area (Å²) in [5.41, 5.74) is 1.10. The summed E-state index contributed by atoms with van der Waals surface area (Å²) in [4.78, 5) is 2.40. The monoisotopic (exact) mass is 243 g/mol. The first-order chi connectivity index (χ1) is 8.81. The van der Waals surface area contributed by atoms with Crippen molar-refractivity contribution in [1.82, 2.24) is 10.2 Å². The number of nitrogens with one attached hydrogen (secondary N) is 1. The quantitative estimate of drug-likeness (QED) is 0.744. The van der Waals surface area contributed by atoms with Crippen molar-refractivity contribution >= 4 is 0 Å². The third-order valence-electron chi connectivity index (χ3n) is 3.52. The summed E-state index contributed by atoms with van der Waals surface area (Å²) in [6.45, 7) is 2.76. The molecule has 1 aliphatic rings. The van der Waals surface area contributed by atoms with E-state index in [0.29, 0.717) is 0 Å². The largest absolute Gasteiger partial charge is 0.314 e. The summed E-state index contributed by atoms with van der Waals surface area (Å²) < 4.78 is 0. The first kappa shape index (κ1) is 13.1. The van der Waals surface area contributed by atoms with Crippen LogP contribution in [0.25, 0.3) is 0 Å². The Morgan fingerprint density at radius 3 is 2.72 bits per heavy atom. The molecule has 1 fully saturated rings. The van der Waals surface area contributed by atoms with Gasteiger partial charge >= 0.3 is 0 Å². The topological polar surface area (TPSA) is 39.1 Å². The average Bonchev–Trinajstić information content (AvgIpc) is 3.24. The minimum atomic E-state index is -0.0440. The molecule has 1 N–H and O–H groups in total. The van der Waals surface area contributed by atoms with Crippen LogP contribution in [0.2, 0.25) is 0 Å². The van der Waals surface area contributed by atoms with Gasteiger partial charge in [-0.05, 0) is 25.5 Å². The predicted octanol–water partition coefficient (Wildman–Crippen LogP) is 1.98. The molecule has 2 rings (SSSR count). The molecule has 0 radical (unpaired) electrons. The Balaban J connectivity index is 1.69. The van der Waals surface area contributed by atoms with Crippen LogP contribution in [-0.2, 0) is 0 Å². The van der Waals surface area contributed by atoms with Gasteiger partial charge in [-0.25, -0.2) is 0 Å². The van der Waals surface area contributed by atoms with Crippen molar-refractivity contribution in [2.75, 3.05) is 26.7 Å². The molecule has 1 atom stereocenters. The summed E-state index contributed by atoms with van der Waals surface area (Å²) >= 11 is 0. The fourth-order valence-corrected chi connectivity index (χ4v) is 2.12. The zero-order valence-electron chi connectivity index (χ0n) is 11.0. The normalized spacial score (nSPS) is 16.5. The van der Waals surface area contributed by atoms with Crippen LogP contribution in [-0.4, -0.2) is 37.6 Å². The van der Waals surface area contributed by atoms with E-state index in [9.17, 15) is 5.26 Å². The van der Waals surface area contributed by atoms with Crippen LogP contribution in [0.3, 0.4) is 0 Å². The molecular weight excluding hydrogens is 222 g/mol. The van der Waals surface area contributed by atoms with Crippen LogP contribution in [0.4, 0.5) is 0 Å². The molecule has 96 valence electrons.